The van der Waals surface area contributed by atoms with Crippen LogP contribution in [0.4, 0.5) is 0 Å². The van der Waals surface area contributed by atoms with E-state index in [2.05, 4.69) is 26.5 Å². The van der Waals surface area contributed by atoms with E-state index in [1.165, 1.54) is 11.4 Å². The Hall–Kier alpha value is -2.14. The monoisotopic (exact) mass is 296 g/mol. The van der Waals surface area contributed by atoms with Crippen molar-refractivity contribution in [1.29, 1.82) is 0 Å². The van der Waals surface area contributed by atoms with E-state index in [0.717, 1.165) is 55.9 Å². The highest BCUT2D eigenvalue weighted by molar-refractivity contribution is 5.72. The summed E-state index contributed by atoms with van der Waals surface area (Å²) in [4.78, 5) is 11.5. The van der Waals surface area contributed by atoms with Crippen LogP contribution in [0.2, 0.25) is 0 Å². The summed E-state index contributed by atoms with van der Waals surface area (Å²) in [6.45, 7) is 3.14. The van der Waals surface area contributed by atoms with Gasteiger partial charge in [0, 0.05) is 38.7 Å². The molecule has 22 heavy (non-hydrogen) atoms. The average Bonchev–Trinajstić information content (AvgIpc) is 3.11. The maximum Gasteiger partial charge on any atom is 0.195 e. The Bertz CT molecular complexity index is 756. The number of rotatable bonds is 4. The number of oxazole rings is 1. The maximum atomic E-state index is 5.77. The number of hydrogen-bond acceptors (Lipinski definition) is 4. The summed E-state index contributed by atoms with van der Waals surface area (Å²) in [5.74, 6) is 0.844. The molecular weight excluding hydrogens is 276 g/mol. The molecule has 2 aromatic heterocycles. The van der Waals surface area contributed by atoms with Gasteiger partial charge in [-0.3, -0.25) is 4.90 Å². The second-order valence-electron chi connectivity index (χ2n) is 5.95. The van der Waals surface area contributed by atoms with Crippen LogP contribution in [0.3, 0.4) is 0 Å². The quantitative estimate of drug-likeness (QED) is 0.742. The van der Waals surface area contributed by atoms with Crippen LogP contribution in [0.25, 0.3) is 11.1 Å². The minimum absolute atomic E-state index is 0.844. The number of imidazole rings is 1. The zero-order valence-electron chi connectivity index (χ0n) is 12.8. The van der Waals surface area contributed by atoms with Crippen molar-refractivity contribution in [3.05, 3.63) is 47.9 Å². The smallest absolute Gasteiger partial charge is 0.195 e. The van der Waals surface area contributed by atoms with E-state index in [9.17, 15) is 0 Å². The first-order valence-electron chi connectivity index (χ1n) is 7.85. The van der Waals surface area contributed by atoms with Crippen molar-refractivity contribution in [3.8, 4) is 0 Å². The second-order valence-corrected chi connectivity index (χ2v) is 5.95. The summed E-state index contributed by atoms with van der Waals surface area (Å²) in [6, 6.07) is 7.94. The minimum atomic E-state index is 0.844. The third-order valence-electron chi connectivity index (χ3n) is 4.39. The van der Waals surface area contributed by atoms with Gasteiger partial charge >= 0.3 is 0 Å². The van der Waals surface area contributed by atoms with Crippen LogP contribution in [0, 0.1) is 0 Å². The van der Waals surface area contributed by atoms with Crippen LogP contribution in [0.1, 0.15) is 23.7 Å². The van der Waals surface area contributed by atoms with Gasteiger partial charge in [-0.05, 0) is 25.1 Å². The highest BCUT2D eigenvalue weighted by Gasteiger charge is 2.19. The lowest BCUT2D eigenvalue weighted by molar-refractivity contribution is 0.243. The number of aryl methyl sites for hydroxylation is 2. The van der Waals surface area contributed by atoms with E-state index in [4.69, 9.17) is 4.42 Å². The SMILES string of the molecule is Cn1cnc2c1CCN(CCCc1nc3ccccc3o1)C2. The van der Waals surface area contributed by atoms with E-state index >= 15 is 0 Å². The molecule has 4 rings (SSSR count). The molecule has 0 atom stereocenters. The third kappa shape index (κ3) is 2.52. The molecule has 0 saturated carbocycles. The van der Waals surface area contributed by atoms with Crippen molar-refractivity contribution < 1.29 is 4.42 Å². The van der Waals surface area contributed by atoms with Gasteiger partial charge in [0.15, 0.2) is 11.5 Å². The van der Waals surface area contributed by atoms with Crippen molar-refractivity contribution in [3.63, 3.8) is 0 Å². The van der Waals surface area contributed by atoms with Crippen molar-refractivity contribution in [2.45, 2.75) is 25.8 Å². The average molecular weight is 296 g/mol. The molecule has 5 heteroatoms. The van der Waals surface area contributed by atoms with Gasteiger partial charge in [0.05, 0.1) is 12.0 Å². The summed E-state index contributed by atoms with van der Waals surface area (Å²) in [7, 11) is 2.08. The van der Waals surface area contributed by atoms with Crippen LogP contribution in [0.5, 0.6) is 0 Å². The molecule has 0 spiro atoms. The molecule has 0 saturated heterocycles. The van der Waals surface area contributed by atoms with Crippen LogP contribution >= 0.6 is 0 Å². The maximum absolute atomic E-state index is 5.77. The van der Waals surface area contributed by atoms with Gasteiger partial charge in [0.25, 0.3) is 0 Å². The van der Waals surface area contributed by atoms with Gasteiger partial charge in [-0.2, -0.15) is 0 Å². The molecule has 0 bridgehead atoms. The van der Waals surface area contributed by atoms with E-state index in [1.54, 1.807) is 0 Å². The zero-order valence-corrected chi connectivity index (χ0v) is 12.8. The Morgan fingerprint density at radius 3 is 3.09 bits per heavy atom. The highest BCUT2D eigenvalue weighted by Crippen LogP contribution is 2.18. The van der Waals surface area contributed by atoms with E-state index in [-0.39, 0.29) is 0 Å². The van der Waals surface area contributed by atoms with E-state index in [1.807, 2.05) is 30.6 Å². The van der Waals surface area contributed by atoms with Gasteiger partial charge in [-0.15, -0.1) is 0 Å². The molecule has 1 aliphatic heterocycles. The molecule has 0 fully saturated rings. The topological polar surface area (TPSA) is 47.1 Å². The van der Waals surface area contributed by atoms with Crippen molar-refractivity contribution in [1.82, 2.24) is 19.4 Å². The lowest BCUT2D eigenvalue weighted by atomic mass is 10.1. The van der Waals surface area contributed by atoms with Gasteiger partial charge in [0.2, 0.25) is 0 Å². The minimum Gasteiger partial charge on any atom is -0.441 e. The van der Waals surface area contributed by atoms with Crippen LogP contribution in [0.15, 0.2) is 35.0 Å². The Balaban J connectivity index is 1.34. The Kier molecular flexibility index (Phi) is 3.42. The molecule has 3 aromatic rings. The lowest BCUT2D eigenvalue weighted by Crippen LogP contribution is -2.32. The largest absolute Gasteiger partial charge is 0.441 e. The molecule has 0 radical (unpaired) electrons. The first-order chi connectivity index (χ1) is 10.8. The van der Waals surface area contributed by atoms with Crippen LogP contribution < -0.4 is 0 Å². The predicted octanol–water partition coefficient (Wildman–Crippen LogP) is 2.55. The van der Waals surface area contributed by atoms with E-state index in [0.29, 0.717) is 0 Å². The van der Waals surface area contributed by atoms with E-state index < -0.39 is 0 Å². The summed E-state index contributed by atoms with van der Waals surface area (Å²) in [5, 5.41) is 0. The molecule has 5 nitrogen and oxygen atoms in total. The third-order valence-corrected chi connectivity index (χ3v) is 4.39. The fraction of sp³-hybridized carbons (Fsp3) is 0.412. The molecule has 0 aliphatic carbocycles. The molecule has 3 heterocycles. The van der Waals surface area contributed by atoms with Gasteiger partial charge < -0.3 is 8.98 Å². The summed E-state index contributed by atoms with van der Waals surface area (Å²) < 4.78 is 7.92. The van der Waals surface area contributed by atoms with Gasteiger partial charge in [0.1, 0.15) is 5.52 Å². The predicted molar refractivity (Wildman–Crippen MR) is 84.5 cm³/mol. The fourth-order valence-corrected chi connectivity index (χ4v) is 3.18. The lowest BCUT2D eigenvalue weighted by Gasteiger charge is -2.26. The summed E-state index contributed by atoms with van der Waals surface area (Å²) >= 11 is 0. The number of fused-ring (bicyclic) bond motifs is 2. The zero-order chi connectivity index (χ0) is 14.9. The van der Waals surface area contributed by atoms with Crippen molar-refractivity contribution >= 4 is 11.1 Å². The second kappa shape index (κ2) is 5.57. The standard InChI is InChI=1S/C17H20N4O/c1-20-12-18-14-11-21(10-8-15(14)20)9-4-7-17-19-13-5-2-3-6-16(13)22-17/h2-3,5-6,12H,4,7-11H2,1H3. The number of para-hydroxylation sites is 2. The molecule has 0 unspecified atom stereocenters. The van der Waals surface area contributed by atoms with Crippen molar-refractivity contribution in [2.24, 2.45) is 7.05 Å². The first-order valence-corrected chi connectivity index (χ1v) is 7.85. The Labute approximate surface area is 129 Å². The molecule has 1 aliphatic rings. The Morgan fingerprint density at radius 2 is 2.18 bits per heavy atom. The number of benzene rings is 1. The molecule has 1 aromatic carbocycles. The molecule has 114 valence electrons. The number of aromatic nitrogens is 3. The molecular formula is C17H20N4O. The number of nitrogens with zero attached hydrogens (tertiary/aromatic N) is 4. The van der Waals surface area contributed by atoms with Crippen molar-refractivity contribution in [2.75, 3.05) is 13.1 Å². The normalized spacial score (nSPS) is 15.3. The summed E-state index contributed by atoms with van der Waals surface area (Å²) in [6.07, 6.45) is 4.97. The number of hydrogen-bond donors (Lipinski definition) is 0. The highest BCUT2D eigenvalue weighted by atomic mass is 16.3. The Morgan fingerprint density at radius 1 is 1.27 bits per heavy atom. The first kappa shape index (κ1) is 13.5. The summed E-state index contributed by atoms with van der Waals surface area (Å²) in [5.41, 5.74) is 4.45. The van der Waals surface area contributed by atoms with Gasteiger partial charge in [-0.25, -0.2) is 9.97 Å². The van der Waals surface area contributed by atoms with Crippen LogP contribution in [-0.2, 0) is 26.4 Å². The molecule has 0 N–H and O–H groups in total. The van der Waals surface area contributed by atoms with Gasteiger partial charge in [-0.1, -0.05) is 12.1 Å². The van der Waals surface area contributed by atoms with Crippen LogP contribution in [-0.4, -0.2) is 32.5 Å². The molecule has 0 amide bonds. The fourth-order valence-electron chi connectivity index (χ4n) is 3.18.